The zero-order chi connectivity index (χ0) is 14.3. The maximum Gasteiger partial charge on any atom is 0.307 e. The van der Waals surface area contributed by atoms with Crippen LogP contribution in [0.3, 0.4) is 0 Å². The number of thioether (sulfide) groups is 1. The topological polar surface area (TPSA) is 83.8 Å². The van der Waals surface area contributed by atoms with E-state index in [1.54, 1.807) is 6.07 Å². The molecule has 1 aromatic rings. The Morgan fingerprint density at radius 2 is 2.05 bits per heavy atom. The van der Waals surface area contributed by atoms with Crippen molar-refractivity contribution in [3.63, 3.8) is 0 Å². The molecule has 2 N–H and O–H groups in total. The number of carboxylic acid groups (broad SMARTS) is 1. The number of carbonyl (C=O) groups excluding carboxylic acids is 1. The second-order valence-electron chi connectivity index (χ2n) is 4.13. The average Bonchev–Trinajstić information content (AvgIpc) is 2.35. The van der Waals surface area contributed by atoms with Crippen LogP contribution in [0.4, 0.5) is 0 Å². The lowest BCUT2D eigenvalue weighted by molar-refractivity contribution is -0.253. The van der Waals surface area contributed by atoms with Crippen molar-refractivity contribution in [1.29, 1.82) is 0 Å². The predicted octanol–water partition coefficient (Wildman–Crippen LogP) is 2.45. The largest absolute Gasteiger partial charge is 0.481 e. The molecule has 0 aromatic heterocycles. The van der Waals surface area contributed by atoms with E-state index in [1.807, 2.05) is 18.2 Å². The van der Waals surface area contributed by atoms with Crippen molar-refractivity contribution in [3.8, 4) is 0 Å². The van der Waals surface area contributed by atoms with Gasteiger partial charge < -0.3 is 9.90 Å². The summed E-state index contributed by atoms with van der Waals surface area (Å²) in [6, 6.07) is 7.25. The number of benzene rings is 1. The molecule has 1 unspecified atom stereocenters. The Morgan fingerprint density at radius 1 is 1.37 bits per heavy atom. The Kier molecular flexibility index (Phi) is 6.55. The molecule has 0 bridgehead atoms. The zero-order valence-electron chi connectivity index (χ0n) is 10.5. The number of aliphatic carboxylic acids is 1. The van der Waals surface area contributed by atoms with E-state index in [0.717, 1.165) is 10.5 Å². The van der Waals surface area contributed by atoms with Crippen molar-refractivity contribution in [3.05, 3.63) is 29.8 Å². The number of hydrogen-bond acceptors (Lipinski definition) is 5. The van der Waals surface area contributed by atoms with Crippen molar-refractivity contribution in [2.75, 3.05) is 5.75 Å². The van der Waals surface area contributed by atoms with Crippen LogP contribution in [0, 0.1) is 5.92 Å². The number of carboxylic acids is 1. The van der Waals surface area contributed by atoms with Gasteiger partial charge in [0.1, 0.15) is 12.4 Å². The summed E-state index contributed by atoms with van der Waals surface area (Å²) in [6.45, 7) is 1.43. The second-order valence-corrected chi connectivity index (χ2v) is 5.20. The van der Waals surface area contributed by atoms with E-state index >= 15 is 0 Å². The molecule has 1 aromatic carbocycles. The highest BCUT2D eigenvalue weighted by atomic mass is 32.2. The summed E-state index contributed by atoms with van der Waals surface area (Å²) in [5.74, 6) is -1.51. The van der Waals surface area contributed by atoms with E-state index in [9.17, 15) is 9.59 Å². The molecule has 104 valence electrons. The van der Waals surface area contributed by atoms with Crippen LogP contribution in [-0.4, -0.2) is 27.9 Å². The number of carbonyl (C=O) groups is 2. The van der Waals surface area contributed by atoms with Gasteiger partial charge in [0.25, 0.3) is 0 Å². The molecule has 1 rings (SSSR count). The molecule has 0 radical (unpaired) electrons. The molecule has 0 aliphatic rings. The summed E-state index contributed by atoms with van der Waals surface area (Å²) >= 11 is 1.34. The van der Waals surface area contributed by atoms with Gasteiger partial charge in [-0.3, -0.25) is 10.1 Å². The van der Waals surface area contributed by atoms with Crippen LogP contribution in [0.25, 0.3) is 0 Å². The maximum atomic E-state index is 11.0. The van der Waals surface area contributed by atoms with E-state index in [4.69, 9.17) is 10.4 Å². The molecule has 0 spiro atoms. The van der Waals surface area contributed by atoms with Gasteiger partial charge >= 0.3 is 5.97 Å². The molecule has 0 aliphatic carbocycles. The first-order valence-corrected chi connectivity index (χ1v) is 6.72. The van der Waals surface area contributed by atoms with Crippen molar-refractivity contribution < 1.29 is 24.8 Å². The monoisotopic (exact) mass is 284 g/mol. The minimum atomic E-state index is -0.974. The normalized spacial score (nSPS) is 12.1. The quantitative estimate of drug-likeness (QED) is 0.433. The van der Waals surface area contributed by atoms with E-state index in [-0.39, 0.29) is 18.8 Å². The molecule has 5 nitrogen and oxygen atoms in total. The van der Waals surface area contributed by atoms with Gasteiger partial charge in [-0.1, -0.05) is 18.2 Å². The van der Waals surface area contributed by atoms with Gasteiger partial charge in [0.15, 0.2) is 0 Å². The highest BCUT2D eigenvalue weighted by Crippen LogP contribution is 2.26. The van der Waals surface area contributed by atoms with Crippen LogP contribution < -0.4 is 0 Å². The fourth-order valence-corrected chi connectivity index (χ4v) is 2.72. The van der Waals surface area contributed by atoms with Gasteiger partial charge in [-0.05, 0) is 18.6 Å². The number of hydrogen-bond donors (Lipinski definition) is 2. The van der Waals surface area contributed by atoms with Crippen LogP contribution in [-0.2, 0) is 21.1 Å². The van der Waals surface area contributed by atoms with Crippen LogP contribution in [0.15, 0.2) is 29.2 Å². The summed E-state index contributed by atoms with van der Waals surface area (Å²) in [7, 11) is 0. The maximum absolute atomic E-state index is 11.0. The predicted molar refractivity (Wildman–Crippen MR) is 71.0 cm³/mol. The Hall–Kier alpha value is -1.37. The smallest absolute Gasteiger partial charge is 0.307 e. The molecule has 0 amide bonds. The molecule has 0 saturated heterocycles. The molecule has 6 heteroatoms. The minimum absolute atomic E-state index is 0.0288. The van der Waals surface area contributed by atoms with E-state index < -0.39 is 11.9 Å². The van der Waals surface area contributed by atoms with E-state index in [1.165, 1.54) is 18.7 Å². The average molecular weight is 284 g/mol. The van der Waals surface area contributed by atoms with Crippen molar-refractivity contribution in [2.45, 2.75) is 24.8 Å². The first-order valence-electron chi connectivity index (χ1n) is 5.74. The lowest BCUT2D eigenvalue weighted by Gasteiger charge is -2.12. The van der Waals surface area contributed by atoms with Crippen molar-refractivity contribution >= 4 is 23.5 Å². The SMILES string of the molecule is CC(=O)CC(CSc1ccccc1COO)C(=O)O. The molecular formula is C13H16O5S. The van der Waals surface area contributed by atoms with Gasteiger partial charge in [-0.25, -0.2) is 4.89 Å². The molecule has 19 heavy (non-hydrogen) atoms. The summed E-state index contributed by atoms with van der Waals surface area (Å²) in [4.78, 5) is 27.0. The third kappa shape index (κ3) is 5.42. The van der Waals surface area contributed by atoms with Crippen LogP contribution >= 0.6 is 11.8 Å². The first kappa shape index (κ1) is 15.7. The van der Waals surface area contributed by atoms with Gasteiger partial charge in [-0.2, -0.15) is 0 Å². The third-order valence-electron chi connectivity index (χ3n) is 2.52. The van der Waals surface area contributed by atoms with Crippen molar-refractivity contribution in [2.24, 2.45) is 5.92 Å². The number of Topliss-reactive ketones (excluding diaryl/α,β-unsaturated/α-hetero) is 1. The molecular weight excluding hydrogens is 268 g/mol. The molecule has 0 aliphatic heterocycles. The summed E-state index contributed by atoms with van der Waals surface area (Å²) in [5.41, 5.74) is 0.780. The first-order chi connectivity index (χ1) is 9.04. The number of rotatable bonds is 8. The van der Waals surface area contributed by atoms with Crippen LogP contribution in [0.2, 0.25) is 0 Å². The molecule has 0 saturated carbocycles. The van der Waals surface area contributed by atoms with Gasteiger partial charge in [-0.15, -0.1) is 11.8 Å². The Morgan fingerprint density at radius 3 is 2.63 bits per heavy atom. The van der Waals surface area contributed by atoms with Gasteiger partial charge in [0, 0.05) is 17.1 Å². The number of ketones is 1. The lowest BCUT2D eigenvalue weighted by atomic mass is 10.1. The third-order valence-corrected chi connectivity index (χ3v) is 3.79. The molecule has 0 heterocycles. The highest BCUT2D eigenvalue weighted by Gasteiger charge is 2.20. The standard InChI is InChI=1S/C13H16O5S/c1-9(14)6-11(13(15)16)8-19-12-5-3-2-4-10(12)7-18-17/h2-5,11,17H,6-8H2,1H3,(H,15,16). The fraction of sp³-hybridized carbons (Fsp3) is 0.385. The van der Waals surface area contributed by atoms with E-state index in [2.05, 4.69) is 4.89 Å². The van der Waals surface area contributed by atoms with Crippen LogP contribution in [0.5, 0.6) is 0 Å². The second kappa shape index (κ2) is 7.93. The summed E-state index contributed by atoms with van der Waals surface area (Å²) in [6.07, 6.45) is 0.0288. The van der Waals surface area contributed by atoms with Crippen LogP contribution in [0.1, 0.15) is 18.9 Å². The van der Waals surface area contributed by atoms with E-state index in [0.29, 0.717) is 5.75 Å². The zero-order valence-corrected chi connectivity index (χ0v) is 11.4. The molecule has 0 fully saturated rings. The Bertz CT molecular complexity index is 446. The summed E-state index contributed by atoms with van der Waals surface area (Å²) < 4.78 is 0. The Labute approximate surface area is 115 Å². The molecule has 1 atom stereocenters. The summed E-state index contributed by atoms with van der Waals surface area (Å²) in [5, 5.41) is 17.5. The minimum Gasteiger partial charge on any atom is -0.481 e. The fourth-order valence-electron chi connectivity index (χ4n) is 1.59. The Balaban J connectivity index is 2.68. The highest BCUT2D eigenvalue weighted by molar-refractivity contribution is 7.99. The van der Waals surface area contributed by atoms with Gasteiger partial charge in [0.05, 0.1) is 5.92 Å². The van der Waals surface area contributed by atoms with Gasteiger partial charge in [0.2, 0.25) is 0 Å². The van der Waals surface area contributed by atoms with Crippen molar-refractivity contribution in [1.82, 2.24) is 0 Å². The lowest BCUT2D eigenvalue weighted by Crippen LogP contribution is -2.19.